The third-order valence-corrected chi connectivity index (χ3v) is 4.36. The van der Waals surface area contributed by atoms with Crippen LogP contribution in [0.3, 0.4) is 0 Å². The van der Waals surface area contributed by atoms with Gasteiger partial charge in [-0.25, -0.2) is 9.97 Å². The summed E-state index contributed by atoms with van der Waals surface area (Å²) in [4.78, 5) is 14.6. The highest BCUT2D eigenvalue weighted by Crippen LogP contribution is 2.28. The number of hydrogen-bond acceptors (Lipinski definition) is 5. The van der Waals surface area contributed by atoms with Gasteiger partial charge in [-0.15, -0.1) is 0 Å². The zero-order chi connectivity index (χ0) is 15.4. The van der Waals surface area contributed by atoms with Gasteiger partial charge in [0.1, 0.15) is 0 Å². The van der Waals surface area contributed by atoms with E-state index in [0.717, 1.165) is 36.1 Å². The van der Waals surface area contributed by atoms with Crippen molar-refractivity contribution in [3.8, 4) is 6.01 Å². The molecule has 1 aliphatic rings. The highest BCUT2D eigenvalue weighted by Gasteiger charge is 2.22. The molecule has 0 spiro atoms. The minimum absolute atomic E-state index is 0.419. The van der Waals surface area contributed by atoms with Crippen LogP contribution in [0.4, 0.5) is 5.69 Å². The average molecular weight is 384 g/mol. The quantitative estimate of drug-likeness (QED) is 0.807. The van der Waals surface area contributed by atoms with Gasteiger partial charge < -0.3 is 9.64 Å². The number of hydrogen-bond donors (Lipinski definition) is 0. The van der Waals surface area contributed by atoms with Crippen molar-refractivity contribution in [2.45, 2.75) is 12.8 Å². The second kappa shape index (κ2) is 7.24. The van der Waals surface area contributed by atoms with Gasteiger partial charge >= 0.3 is 6.01 Å². The Balaban J connectivity index is 1.59. The van der Waals surface area contributed by atoms with Gasteiger partial charge in [0, 0.05) is 43.8 Å². The second-order valence-electron chi connectivity index (χ2n) is 5.28. The molecule has 1 aliphatic heterocycles. The SMILES string of the molecule is Clc1cnccc1N1CCCC(COc2ncc(Br)cn2)C1. The Morgan fingerprint density at radius 1 is 1.32 bits per heavy atom. The van der Waals surface area contributed by atoms with E-state index in [4.69, 9.17) is 16.3 Å². The molecule has 3 rings (SSSR count). The zero-order valence-corrected chi connectivity index (χ0v) is 14.3. The summed E-state index contributed by atoms with van der Waals surface area (Å²) in [5, 5.41) is 0.695. The van der Waals surface area contributed by atoms with E-state index in [1.54, 1.807) is 24.8 Å². The number of piperidine rings is 1. The van der Waals surface area contributed by atoms with Gasteiger partial charge in [-0.05, 0) is 34.8 Å². The number of aromatic nitrogens is 3. The van der Waals surface area contributed by atoms with Crippen molar-refractivity contribution < 1.29 is 4.74 Å². The van der Waals surface area contributed by atoms with Crippen LogP contribution >= 0.6 is 27.5 Å². The number of ether oxygens (including phenoxy) is 1. The van der Waals surface area contributed by atoms with Gasteiger partial charge in [-0.1, -0.05) is 11.6 Å². The van der Waals surface area contributed by atoms with Crippen molar-refractivity contribution in [3.05, 3.63) is 40.3 Å². The van der Waals surface area contributed by atoms with Gasteiger partial charge in [-0.2, -0.15) is 0 Å². The predicted octanol–water partition coefficient (Wildman–Crippen LogP) is 3.58. The van der Waals surface area contributed by atoms with E-state index in [0.29, 0.717) is 23.6 Å². The molecule has 0 N–H and O–H groups in total. The maximum atomic E-state index is 6.23. The van der Waals surface area contributed by atoms with Crippen LogP contribution in [0.15, 0.2) is 35.3 Å². The molecule has 0 aromatic carbocycles. The molecular weight excluding hydrogens is 368 g/mol. The van der Waals surface area contributed by atoms with Gasteiger partial charge in [0.25, 0.3) is 0 Å². The second-order valence-corrected chi connectivity index (χ2v) is 6.60. The minimum Gasteiger partial charge on any atom is -0.463 e. The number of halogens is 2. The molecule has 0 amide bonds. The van der Waals surface area contributed by atoms with Gasteiger partial charge in [0.2, 0.25) is 0 Å². The van der Waals surface area contributed by atoms with Crippen molar-refractivity contribution in [2.75, 3.05) is 24.6 Å². The maximum absolute atomic E-state index is 6.23. The smallest absolute Gasteiger partial charge is 0.316 e. The number of rotatable bonds is 4. The molecule has 2 aromatic heterocycles. The van der Waals surface area contributed by atoms with Gasteiger partial charge in [0.05, 0.1) is 21.8 Å². The summed E-state index contributed by atoms with van der Waals surface area (Å²) < 4.78 is 6.54. The van der Waals surface area contributed by atoms with E-state index in [-0.39, 0.29) is 0 Å². The van der Waals surface area contributed by atoms with Crippen LogP contribution in [0.1, 0.15) is 12.8 Å². The molecule has 1 saturated heterocycles. The largest absolute Gasteiger partial charge is 0.463 e. The lowest BCUT2D eigenvalue weighted by Gasteiger charge is -2.34. The zero-order valence-electron chi connectivity index (χ0n) is 12.0. The van der Waals surface area contributed by atoms with Crippen molar-refractivity contribution in [3.63, 3.8) is 0 Å². The highest BCUT2D eigenvalue weighted by atomic mass is 79.9. The molecule has 2 aromatic rings. The molecule has 116 valence electrons. The molecule has 5 nitrogen and oxygen atoms in total. The number of anilines is 1. The summed E-state index contributed by atoms with van der Waals surface area (Å²) in [5.41, 5.74) is 1.04. The van der Waals surface area contributed by atoms with E-state index >= 15 is 0 Å². The molecule has 3 heterocycles. The van der Waals surface area contributed by atoms with Crippen molar-refractivity contribution in [1.29, 1.82) is 0 Å². The third-order valence-electron chi connectivity index (χ3n) is 3.66. The van der Waals surface area contributed by atoms with Crippen LogP contribution in [0, 0.1) is 5.92 Å². The molecule has 0 saturated carbocycles. The van der Waals surface area contributed by atoms with Crippen molar-refractivity contribution in [1.82, 2.24) is 15.0 Å². The Morgan fingerprint density at radius 3 is 2.91 bits per heavy atom. The minimum atomic E-state index is 0.419. The molecule has 22 heavy (non-hydrogen) atoms. The topological polar surface area (TPSA) is 51.1 Å². The van der Waals surface area contributed by atoms with Crippen molar-refractivity contribution >= 4 is 33.2 Å². The first kappa shape index (κ1) is 15.5. The Morgan fingerprint density at radius 2 is 2.14 bits per heavy atom. The van der Waals surface area contributed by atoms with Crippen LogP contribution in [-0.2, 0) is 0 Å². The first-order chi connectivity index (χ1) is 10.7. The Hall–Kier alpha value is -1.40. The Kier molecular flexibility index (Phi) is 5.10. The van der Waals surface area contributed by atoms with Crippen LogP contribution in [0.5, 0.6) is 6.01 Å². The fourth-order valence-electron chi connectivity index (χ4n) is 2.61. The third kappa shape index (κ3) is 3.87. The molecule has 0 bridgehead atoms. The van der Waals surface area contributed by atoms with E-state index in [2.05, 4.69) is 35.8 Å². The van der Waals surface area contributed by atoms with Gasteiger partial charge in [0.15, 0.2) is 0 Å². The van der Waals surface area contributed by atoms with Crippen LogP contribution in [-0.4, -0.2) is 34.6 Å². The molecular formula is C15H16BrClN4O. The Bertz CT molecular complexity index is 625. The molecule has 0 radical (unpaired) electrons. The summed E-state index contributed by atoms with van der Waals surface area (Å²) in [6.45, 7) is 2.54. The van der Waals surface area contributed by atoms with Crippen LogP contribution < -0.4 is 9.64 Å². The fourth-order valence-corrected chi connectivity index (χ4v) is 3.06. The summed E-state index contributed by atoms with van der Waals surface area (Å²) >= 11 is 9.54. The highest BCUT2D eigenvalue weighted by molar-refractivity contribution is 9.10. The summed E-state index contributed by atoms with van der Waals surface area (Å²) in [7, 11) is 0. The predicted molar refractivity (Wildman–Crippen MR) is 89.4 cm³/mol. The first-order valence-corrected chi connectivity index (χ1v) is 8.34. The lowest BCUT2D eigenvalue weighted by molar-refractivity contribution is 0.214. The first-order valence-electron chi connectivity index (χ1n) is 7.17. The van der Waals surface area contributed by atoms with E-state index in [1.165, 1.54) is 0 Å². The van der Waals surface area contributed by atoms with Crippen molar-refractivity contribution in [2.24, 2.45) is 5.92 Å². The molecule has 0 aliphatic carbocycles. The standard InChI is InChI=1S/C15H16BrClN4O/c16-12-6-19-15(20-7-12)22-10-11-2-1-5-21(9-11)14-3-4-18-8-13(14)17/h3-4,6-8,11H,1-2,5,9-10H2. The molecule has 7 heteroatoms. The summed E-state index contributed by atoms with van der Waals surface area (Å²) in [6.07, 6.45) is 9.09. The maximum Gasteiger partial charge on any atom is 0.316 e. The van der Waals surface area contributed by atoms with E-state index < -0.39 is 0 Å². The number of nitrogens with zero attached hydrogens (tertiary/aromatic N) is 4. The lowest BCUT2D eigenvalue weighted by atomic mass is 9.98. The monoisotopic (exact) mass is 382 g/mol. The summed E-state index contributed by atoms with van der Waals surface area (Å²) in [6, 6.07) is 2.38. The number of pyridine rings is 1. The van der Waals surface area contributed by atoms with Crippen LogP contribution in [0.2, 0.25) is 5.02 Å². The van der Waals surface area contributed by atoms with Gasteiger partial charge in [-0.3, -0.25) is 4.98 Å². The van der Waals surface area contributed by atoms with E-state index in [9.17, 15) is 0 Å². The molecule has 1 atom stereocenters. The molecule has 1 unspecified atom stereocenters. The lowest BCUT2D eigenvalue weighted by Crippen LogP contribution is -2.38. The average Bonchev–Trinajstić information content (AvgIpc) is 2.55. The molecule has 1 fully saturated rings. The Labute approximate surface area is 142 Å². The normalized spacial score (nSPS) is 18.3. The summed E-state index contributed by atoms with van der Waals surface area (Å²) in [5.74, 6) is 0.435. The van der Waals surface area contributed by atoms with E-state index in [1.807, 2.05) is 6.07 Å². The van der Waals surface area contributed by atoms with Crippen LogP contribution in [0.25, 0.3) is 0 Å². The fraction of sp³-hybridized carbons (Fsp3) is 0.400.